The molecule has 1 atom stereocenters. The quantitative estimate of drug-likeness (QED) is 0.939. The van der Waals surface area contributed by atoms with Crippen LogP contribution in [0.5, 0.6) is 0 Å². The number of pyridine rings is 1. The minimum Gasteiger partial charge on any atom is -0.331 e. The van der Waals surface area contributed by atoms with Gasteiger partial charge in [0.05, 0.1) is 5.56 Å². The van der Waals surface area contributed by atoms with E-state index in [1.165, 1.54) is 18.4 Å². The second-order valence-corrected chi connectivity index (χ2v) is 7.42. The molecule has 1 spiro atoms. The maximum absolute atomic E-state index is 13.1. The third-order valence-electron chi connectivity index (χ3n) is 5.22. The summed E-state index contributed by atoms with van der Waals surface area (Å²) in [6.07, 6.45) is 6.90. The van der Waals surface area contributed by atoms with Crippen molar-refractivity contribution in [3.63, 3.8) is 0 Å². The lowest BCUT2D eigenvalue weighted by Gasteiger charge is -2.29. The van der Waals surface area contributed by atoms with E-state index in [1.54, 1.807) is 23.7 Å². The maximum Gasteiger partial charge on any atom is 0.255 e. The molecule has 1 saturated carbocycles. The van der Waals surface area contributed by atoms with Gasteiger partial charge < -0.3 is 10.2 Å². The van der Waals surface area contributed by atoms with E-state index >= 15 is 0 Å². The predicted octanol–water partition coefficient (Wildman–Crippen LogP) is 2.93. The Morgan fingerprint density at radius 3 is 2.96 bits per heavy atom. The van der Waals surface area contributed by atoms with E-state index in [0.29, 0.717) is 23.6 Å². The molecule has 2 aliphatic rings. The molecule has 120 valence electrons. The van der Waals surface area contributed by atoms with Crippen LogP contribution >= 0.6 is 11.3 Å². The fourth-order valence-corrected chi connectivity index (χ4v) is 4.45. The average Bonchev–Trinajstić information content (AvgIpc) is 3.04. The lowest BCUT2D eigenvalue weighted by atomic mass is 9.93. The molecule has 1 aliphatic heterocycles. The van der Waals surface area contributed by atoms with E-state index in [9.17, 15) is 4.79 Å². The SMILES string of the molecule is O=C(c1cccnc1)N(Cc1ccsc1)C1CC12CCNCC2. The predicted molar refractivity (Wildman–Crippen MR) is 91.4 cm³/mol. The first-order valence-corrected chi connectivity index (χ1v) is 9.16. The van der Waals surface area contributed by atoms with Gasteiger partial charge in [0, 0.05) is 25.0 Å². The van der Waals surface area contributed by atoms with Gasteiger partial charge >= 0.3 is 0 Å². The average molecular weight is 327 g/mol. The Balaban J connectivity index is 1.58. The van der Waals surface area contributed by atoms with E-state index in [4.69, 9.17) is 0 Å². The first-order chi connectivity index (χ1) is 11.3. The van der Waals surface area contributed by atoms with Gasteiger partial charge in [-0.1, -0.05) is 0 Å². The van der Waals surface area contributed by atoms with Crippen LogP contribution in [0.1, 0.15) is 35.2 Å². The Morgan fingerprint density at radius 1 is 1.39 bits per heavy atom. The normalized spacial score (nSPS) is 22.0. The minimum absolute atomic E-state index is 0.115. The number of rotatable bonds is 4. The summed E-state index contributed by atoms with van der Waals surface area (Å²) in [6, 6.07) is 6.19. The van der Waals surface area contributed by atoms with Crippen LogP contribution in [0.2, 0.25) is 0 Å². The molecular weight excluding hydrogens is 306 g/mol. The Morgan fingerprint density at radius 2 is 2.26 bits per heavy atom. The largest absolute Gasteiger partial charge is 0.331 e. The highest BCUT2D eigenvalue weighted by atomic mass is 32.1. The highest BCUT2D eigenvalue weighted by Crippen LogP contribution is 2.56. The molecule has 2 aromatic rings. The smallest absolute Gasteiger partial charge is 0.255 e. The summed E-state index contributed by atoms with van der Waals surface area (Å²) in [7, 11) is 0. The number of thiophene rings is 1. The lowest BCUT2D eigenvalue weighted by molar-refractivity contribution is 0.0692. The number of hydrogen-bond acceptors (Lipinski definition) is 4. The minimum atomic E-state index is 0.115. The van der Waals surface area contributed by atoms with Gasteiger partial charge in [-0.3, -0.25) is 9.78 Å². The lowest BCUT2D eigenvalue weighted by Crippen LogP contribution is -2.39. The molecule has 0 bridgehead atoms. The molecule has 2 aromatic heterocycles. The highest BCUT2D eigenvalue weighted by Gasteiger charge is 2.57. The van der Waals surface area contributed by atoms with Gasteiger partial charge in [-0.25, -0.2) is 0 Å². The summed E-state index contributed by atoms with van der Waals surface area (Å²) in [4.78, 5) is 19.3. The highest BCUT2D eigenvalue weighted by molar-refractivity contribution is 7.07. The van der Waals surface area contributed by atoms with Gasteiger partial charge in [0.2, 0.25) is 0 Å². The molecule has 1 unspecified atom stereocenters. The molecule has 4 rings (SSSR count). The van der Waals surface area contributed by atoms with E-state index in [2.05, 4.69) is 32.0 Å². The van der Waals surface area contributed by atoms with Crippen molar-refractivity contribution in [1.29, 1.82) is 0 Å². The van der Waals surface area contributed by atoms with Crippen LogP contribution in [-0.2, 0) is 6.54 Å². The summed E-state index contributed by atoms with van der Waals surface area (Å²) in [5.41, 5.74) is 2.26. The second kappa shape index (κ2) is 6.06. The molecule has 1 aliphatic carbocycles. The van der Waals surface area contributed by atoms with Crippen molar-refractivity contribution in [3.8, 4) is 0 Å². The zero-order valence-electron chi connectivity index (χ0n) is 13.1. The number of nitrogens with zero attached hydrogens (tertiary/aromatic N) is 2. The molecule has 0 aromatic carbocycles. The summed E-state index contributed by atoms with van der Waals surface area (Å²) >= 11 is 1.69. The van der Waals surface area contributed by atoms with Crippen LogP contribution in [0.25, 0.3) is 0 Å². The van der Waals surface area contributed by atoms with Gasteiger partial charge in [0.1, 0.15) is 0 Å². The van der Waals surface area contributed by atoms with Crippen LogP contribution in [0, 0.1) is 5.41 Å². The van der Waals surface area contributed by atoms with Crippen molar-refractivity contribution >= 4 is 17.2 Å². The molecule has 0 radical (unpaired) electrons. The van der Waals surface area contributed by atoms with Gasteiger partial charge in [0.25, 0.3) is 5.91 Å². The number of amides is 1. The fourth-order valence-electron chi connectivity index (χ4n) is 3.79. The summed E-state index contributed by atoms with van der Waals surface area (Å²) in [5, 5.41) is 7.65. The van der Waals surface area contributed by atoms with Crippen LogP contribution in [-0.4, -0.2) is 34.9 Å². The van der Waals surface area contributed by atoms with E-state index in [1.807, 2.05) is 12.1 Å². The van der Waals surface area contributed by atoms with Crippen molar-refractivity contribution in [2.45, 2.75) is 31.8 Å². The maximum atomic E-state index is 13.1. The third kappa shape index (κ3) is 2.91. The standard InChI is InChI=1S/C18H21N3OS/c22-17(15-2-1-6-20-11-15)21(12-14-3-9-23-13-14)16-10-18(16)4-7-19-8-5-18/h1-3,6,9,11,13,16,19H,4-5,7-8,10,12H2. The summed E-state index contributed by atoms with van der Waals surface area (Å²) in [6.45, 7) is 2.85. The van der Waals surface area contributed by atoms with Crippen molar-refractivity contribution in [3.05, 3.63) is 52.5 Å². The van der Waals surface area contributed by atoms with Crippen molar-refractivity contribution in [2.75, 3.05) is 13.1 Å². The number of carbonyl (C=O) groups excluding carboxylic acids is 1. The number of aromatic nitrogens is 1. The topological polar surface area (TPSA) is 45.2 Å². The zero-order valence-corrected chi connectivity index (χ0v) is 13.9. The Labute approximate surface area is 140 Å². The van der Waals surface area contributed by atoms with Crippen LogP contribution < -0.4 is 5.32 Å². The zero-order chi connectivity index (χ0) is 15.7. The first kappa shape index (κ1) is 14.8. The Kier molecular flexibility index (Phi) is 3.91. The molecule has 3 heterocycles. The van der Waals surface area contributed by atoms with Crippen LogP contribution in [0.3, 0.4) is 0 Å². The molecule has 5 heteroatoms. The molecule has 2 fully saturated rings. The molecule has 23 heavy (non-hydrogen) atoms. The number of piperidine rings is 1. The molecular formula is C18H21N3OS. The van der Waals surface area contributed by atoms with Gasteiger partial charge in [0.15, 0.2) is 0 Å². The summed E-state index contributed by atoms with van der Waals surface area (Å²) in [5.74, 6) is 0.115. The van der Waals surface area contributed by atoms with Crippen molar-refractivity contribution in [1.82, 2.24) is 15.2 Å². The second-order valence-electron chi connectivity index (χ2n) is 6.64. The first-order valence-electron chi connectivity index (χ1n) is 8.21. The molecule has 1 amide bonds. The van der Waals surface area contributed by atoms with Gasteiger partial charge in [-0.05, 0) is 72.3 Å². The monoisotopic (exact) mass is 327 g/mol. The Bertz CT molecular complexity index is 665. The summed E-state index contributed by atoms with van der Waals surface area (Å²) < 4.78 is 0. The number of hydrogen-bond donors (Lipinski definition) is 1. The van der Waals surface area contributed by atoms with Crippen molar-refractivity contribution < 1.29 is 4.79 Å². The fraction of sp³-hybridized carbons (Fsp3) is 0.444. The van der Waals surface area contributed by atoms with E-state index in [-0.39, 0.29) is 5.91 Å². The van der Waals surface area contributed by atoms with Crippen molar-refractivity contribution in [2.24, 2.45) is 5.41 Å². The van der Waals surface area contributed by atoms with Crippen LogP contribution in [0.15, 0.2) is 41.4 Å². The van der Waals surface area contributed by atoms with E-state index < -0.39 is 0 Å². The molecule has 1 N–H and O–H groups in total. The molecule has 1 saturated heterocycles. The number of carbonyl (C=O) groups is 1. The van der Waals surface area contributed by atoms with E-state index in [0.717, 1.165) is 19.5 Å². The molecule has 4 nitrogen and oxygen atoms in total. The van der Waals surface area contributed by atoms with Gasteiger partial charge in [-0.2, -0.15) is 11.3 Å². The third-order valence-corrected chi connectivity index (χ3v) is 5.96. The number of nitrogens with one attached hydrogen (secondary N) is 1. The van der Waals surface area contributed by atoms with Gasteiger partial charge in [-0.15, -0.1) is 0 Å². The Hall–Kier alpha value is -1.72. The van der Waals surface area contributed by atoms with Crippen LogP contribution in [0.4, 0.5) is 0 Å².